The van der Waals surface area contributed by atoms with Gasteiger partial charge in [0, 0.05) is 81.3 Å². The van der Waals surface area contributed by atoms with Gasteiger partial charge in [0.2, 0.25) is 0 Å². The molecule has 0 atom stereocenters. The maximum atomic E-state index is 4.71. The number of hydrogen-bond donors (Lipinski definition) is 0. The van der Waals surface area contributed by atoms with E-state index in [1.54, 1.807) is 0 Å². The van der Waals surface area contributed by atoms with Gasteiger partial charge >= 0.3 is 0 Å². The topological polar surface area (TPSA) is 30.2 Å². The molecule has 0 radical (unpaired) electrons. The normalized spacial score (nSPS) is 12.5. The van der Waals surface area contributed by atoms with Crippen LogP contribution in [0, 0.1) is 0 Å². The Morgan fingerprint density at radius 3 is 2.48 bits per heavy atom. The number of rotatable bonds is 0. The quantitative estimate of drug-likeness (QED) is 0.230. The minimum Gasteiger partial charge on any atom is -0.298 e. The number of aromatic nitrogens is 3. The van der Waals surface area contributed by atoms with Gasteiger partial charge in [-0.3, -0.25) is 9.38 Å². The minimum absolute atomic E-state index is 0.986. The molecule has 0 unspecified atom stereocenters. The Hall–Kier alpha value is -3.54. The molecule has 0 bridgehead atoms. The number of hydrogen-bond acceptors (Lipinski definition) is 4. The average Bonchev–Trinajstić information content (AvgIpc) is 3.53. The second-order valence-corrected chi connectivity index (χ2v) is 10.0. The van der Waals surface area contributed by atoms with Crippen LogP contribution in [-0.4, -0.2) is 14.4 Å². The Kier molecular flexibility index (Phi) is 2.91. The van der Waals surface area contributed by atoms with E-state index in [1.165, 1.54) is 51.2 Å². The first-order valence-corrected chi connectivity index (χ1v) is 11.8. The van der Waals surface area contributed by atoms with Gasteiger partial charge in [0.05, 0.1) is 5.52 Å². The molecule has 0 saturated heterocycles. The molecule has 5 aromatic heterocycles. The monoisotopic (exact) mass is 431 g/mol. The van der Waals surface area contributed by atoms with Gasteiger partial charge in [0.15, 0.2) is 0 Å². The molecule has 5 heterocycles. The summed E-state index contributed by atoms with van der Waals surface area (Å²) in [6.45, 7) is 0. The first-order valence-electron chi connectivity index (χ1n) is 10.2. The smallest absolute Gasteiger partial charge is 0.145 e. The Bertz CT molecular complexity index is 2010. The number of fused-ring (bicyclic) bond motifs is 14. The molecule has 0 fully saturated rings. The summed E-state index contributed by atoms with van der Waals surface area (Å²) in [5, 5.41) is 8.88. The Labute approximate surface area is 183 Å². The molecular formula is C26H13N3S2. The molecule has 0 amide bonds. The number of imidazole rings is 1. The summed E-state index contributed by atoms with van der Waals surface area (Å²) in [6, 6.07) is 19.9. The Balaban J connectivity index is 1.74. The van der Waals surface area contributed by atoms with Crippen molar-refractivity contribution in [2.75, 3.05) is 0 Å². The zero-order valence-electron chi connectivity index (χ0n) is 16.2. The molecule has 5 heteroatoms. The maximum absolute atomic E-state index is 4.71. The first-order chi connectivity index (χ1) is 15.4. The predicted molar refractivity (Wildman–Crippen MR) is 134 cm³/mol. The van der Waals surface area contributed by atoms with Gasteiger partial charge in [-0.05, 0) is 24.3 Å². The average molecular weight is 432 g/mol. The van der Waals surface area contributed by atoms with Crippen molar-refractivity contribution in [1.29, 1.82) is 0 Å². The van der Waals surface area contributed by atoms with E-state index in [0.29, 0.717) is 0 Å². The lowest BCUT2D eigenvalue weighted by Gasteiger charge is -2.09. The van der Waals surface area contributed by atoms with Crippen LogP contribution in [0.2, 0.25) is 0 Å². The zero-order valence-corrected chi connectivity index (χ0v) is 17.8. The van der Waals surface area contributed by atoms with Gasteiger partial charge in [0.25, 0.3) is 0 Å². The second-order valence-electron chi connectivity index (χ2n) is 7.89. The molecule has 0 aliphatic rings. The van der Waals surface area contributed by atoms with Crippen LogP contribution in [0.4, 0.5) is 0 Å². The molecule has 3 nitrogen and oxygen atoms in total. The summed E-state index contributed by atoms with van der Waals surface area (Å²) < 4.78 is 7.62. The number of pyridine rings is 2. The summed E-state index contributed by atoms with van der Waals surface area (Å²) in [5.74, 6) is 0. The molecule has 0 aliphatic carbocycles. The lowest BCUT2D eigenvalue weighted by atomic mass is 10.0. The SMILES string of the molecule is c1ccc2c(c1)sc1c2ccc2sc3ccc4c5cnccc5c5nccn5c4c3c21. The lowest BCUT2D eigenvalue weighted by molar-refractivity contribution is 1.27. The number of benzene rings is 3. The molecular weight excluding hydrogens is 418 g/mol. The van der Waals surface area contributed by atoms with Gasteiger partial charge in [-0.1, -0.05) is 30.3 Å². The highest BCUT2D eigenvalue weighted by molar-refractivity contribution is 7.29. The molecule has 31 heavy (non-hydrogen) atoms. The molecule has 0 aliphatic heterocycles. The van der Waals surface area contributed by atoms with Crippen molar-refractivity contribution in [2.45, 2.75) is 0 Å². The largest absolute Gasteiger partial charge is 0.298 e. The van der Waals surface area contributed by atoms with Crippen molar-refractivity contribution in [3.63, 3.8) is 0 Å². The first kappa shape index (κ1) is 16.2. The summed E-state index contributed by atoms with van der Waals surface area (Å²) in [5.41, 5.74) is 2.21. The van der Waals surface area contributed by atoms with Crippen molar-refractivity contribution in [1.82, 2.24) is 14.4 Å². The molecule has 0 saturated carbocycles. The fraction of sp³-hybridized carbons (Fsp3) is 0. The summed E-state index contributed by atoms with van der Waals surface area (Å²) >= 11 is 3.77. The number of nitrogens with zero attached hydrogens (tertiary/aromatic N) is 3. The summed E-state index contributed by atoms with van der Waals surface area (Å²) in [7, 11) is 0. The standard InChI is InChI=1S/C26H13N3S2/c1-2-4-19-14(3-1)16-6-8-21-23(25(16)31-19)22-20(30-21)7-5-15-18-13-27-10-9-17(18)26-28-11-12-29(26)24(15)22/h1-13H. The van der Waals surface area contributed by atoms with Crippen LogP contribution < -0.4 is 0 Å². The summed E-state index contributed by atoms with van der Waals surface area (Å²) in [6.07, 6.45) is 7.81. The van der Waals surface area contributed by atoms with E-state index in [1.807, 2.05) is 41.3 Å². The second kappa shape index (κ2) is 5.58. The van der Waals surface area contributed by atoms with Gasteiger partial charge in [0.1, 0.15) is 5.65 Å². The molecule has 8 aromatic rings. The third-order valence-corrected chi connectivity index (χ3v) is 8.68. The van der Waals surface area contributed by atoms with Crippen molar-refractivity contribution in [2.24, 2.45) is 0 Å². The molecule has 8 rings (SSSR count). The van der Waals surface area contributed by atoms with E-state index in [-0.39, 0.29) is 0 Å². The van der Waals surface area contributed by atoms with Crippen LogP contribution in [0.25, 0.3) is 67.7 Å². The van der Waals surface area contributed by atoms with Crippen LogP contribution in [0.3, 0.4) is 0 Å². The van der Waals surface area contributed by atoms with Crippen molar-refractivity contribution in [3.05, 3.63) is 79.4 Å². The molecule has 0 N–H and O–H groups in total. The van der Waals surface area contributed by atoms with E-state index in [0.717, 1.165) is 16.4 Å². The van der Waals surface area contributed by atoms with Crippen LogP contribution in [0.1, 0.15) is 0 Å². The fourth-order valence-electron chi connectivity index (χ4n) is 5.07. The minimum atomic E-state index is 0.986. The van der Waals surface area contributed by atoms with E-state index < -0.39 is 0 Å². The van der Waals surface area contributed by atoms with Gasteiger partial charge in [-0.2, -0.15) is 0 Å². The van der Waals surface area contributed by atoms with Crippen LogP contribution in [0.15, 0.2) is 79.4 Å². The Morgan fingerprint density at radius 1 is 0.645 bits per heavy atom. The van der Waals surface area contributed by atoms with E-state index >= 15 is 0 Å². The fourth-order valence-corrected chi connectivity index (χ4v) is 7.50. The highest BCUT2D eigenvalue weighted by Gasteiger charge is 2.18. The molecule has 0 spiro atoms. The zero-order chi connectivity index (χ0) is 20.1. The third-order valence-electron chi connectivity index (χ3n) is 6.35. The predicted octanol–water partition coefficient (Wildman–Crippen LogP) is 7.77. The maximum Gasteiger partial charge on any atom is 0.145 e. The highest BCUT2D eigenvalue weighted by atomic mass is 32.1. The van der Waals surface area contributed by atoms with Crippen LogP contribution in [-0.2, 0) is 0 Å². The van der Waals surface area contributed by atoms with E-state index in [4.69, 9.17) is 4.98 Å². The molecule has 144 valence electrons. The number of thiophene rings is 2. The summed E-state index contributed by atoms with van der Waals surface area (Å²) in [4.78, 5) is 9.14. The van der Waals surface area contributed by atoms with Crippen molar-refractivity contribution < 1.29 is 0 Å². The van der Waals surface area contributed by atoms with Gasteiger partial charge < -0.3 is 0 Å². The van der Waals surface area contributed by atoms with Crippen LogP contribution >= 0.6 is 22.7 Å². The third kappa shape index (κ3) is 1.93. The van der Waals surface area contributed by atoms with E-state index in [2.05, 4.69) is 70.2 Å². The Morgan fingerprint density at radius 2 is 1.52 bits per heavy atom. The van der Waals surface area contributed by atoms with Crippen LogP contribution in [0.5, 0.6) is 0 Å². The molecule has 3 aromatic carbocycles. The van der Waals surface area contributed by atoms with E-state index in [9.17, 15) is 0 Å². The van der Waals surface area contributed by atoms with Gasteiger partial charge in [-0.25, -0.2) is 4.98 Å². The lowest BCUT2D eigenvalue weighted by Crippen LogP contribution is -1.91. The van der Waals surface area contributed by atoms with Gasteiger partial charge in [-0.15, -0.1) is 22.7 Å². The van der Waals surface area contributed by atoms with Crippen molar-refractivity contribution >= 4 is 90.3 Å². The van der Waals surface area contributed by atoms with Crippen molar-refractivity contribution in [3.8, 4) is 0 Å². The highest BCUT2D eigenvalue weighted by Crippen LogP contribution is 2.47.